The zero-order valence-electron chi connectivity index (χ0n) is 17.1. The molecule has 3 rings (SSSR count). The Morgan fingerprint density at radius 1 is 1.10 bits per heavy atom. The van der Waals surface area contributed by atoms with E-state index in [0.717, 1.165) is 22.6 Å². The molecule has 0 saturated heterocycles. The van der Waals surface area contributed by atoms with E-state index in [1.165, 1.54) is 11.3 Å². The summed E-state index contributed by atoms with van der Waals surface area (Å²) < 4.78 is 21.6. The molecule has 0 radical (unpaired) electrons. The SMILES string of the molecule is CCOc1cc(/C=N\Nc2nc(-c3ccc(OC)cc3OC)cs2)cc(Cl)c1OC. The van der Waals surface area contributed by atoms with E-state index >= 15 is 0 Å². The first-order valence-corrected chi connectivity index (χ1v) is 10.3. The number of hydrogen-bond acceptors (Lipinski definition) is 8. The minimum absolute atomic E-state index is 0.452. The fourth-order valence-corrected chi connectivity index (χ4v) is 3.70. The molecule has 158 valence electrons. The average Bonchev–Trinajstić information content (AvgIpc) is 3.22. The number of halogens is 1. The third-order valence-electron chi connectivity index (χ3n) is 4.10. The van der Waals surface area contributed by atoms with Crippen LogP contribution in [-0.2, 0) is 0 Å². The van der Waals surface area contributed by atoms with E-state index in [1.54, 1.807) is 33.6 Å². The number of hydrazone groups is 1. The summed E-state index contributed by atoms with van der Waals surface area (Å²) in [5, 5.41) is 7.28. The third kappa shape index (κ3) is 4.95. The molecule has 0 unspecified atom stereocenters. The molecule has 0 atom stereocenters. The van der Waals surface area contributed by atoms with Crippen LogP contribution in [0.4, 0.5) is 5.13 Å². The lowest BCUT2D eigenvalue weighted by Gasteiger charge is -2.11. The van der Waals surface area contributed by atoms with E-state index in [4.69, 9.17) is 30.5 Å². The lowest BCUT2D eigenvalue weighted by molar-refractivity contribution is 0.311. The molecular formula is C21H22ClN3O4S. The van der Waals surface area contributed by atoms with E-state index in [0.29, 0.717) is 34.0 Å². The first-order valence-electron chi connectivity index (χ1n) is 9.06. The summed E-state index contributed by atoms with van der Waals surface area (Å²) in [6.45, 7) is 2.40. The Kier molecular flexibility index (Phi) is 7.37. The van der Waals surface area contributed by atoms with Crippen LogP contribution in [0.5, 0.6) is 23.0 Å². The highest BCUT2D eigenvalue weighted by atomic mass is 35.5. The number of benzene rings is 2. The molecule has 0 aliphatic rings. The lowest BCUT2D eigenvalue weighted by atomic mass is 10.1. The van der Waals surface area contributed by atoms with Gasteiger partial charge in [0.05, 0.1) is 44.9 Å². The first kappa shape index (κ1) is 21.7. The predicted octanol–water partition coefficient (Wildman–Crippen LogP) is 5.33. The van der Waals surface area contributed by atoms with Gasteiger partial charge in [0, 0.05) is 17.0 Å². The van der Waals surface area contributed by atoms with Crippen molar-refractivity contribution >= 4 is 34.3 Å². The largest absolute Gasteiger partial charge is 0.497 e. The zero-order valence-corrected chi connectivity index (χ0v) is 18.6. The Labute approximate surface area is 184 Å². The standard InChI is InChI=1S/C21H22ClN3O4S/c1-5-29-19-9-13(8-16(22)20(19)28-4)11-23-25-21-24-17(12-30-21)15-7-6-14(26-2)10-18(15)27-3/h6-12H,5H2,1-4H3,(H,24,25)/b23-11-. The second-order valence-corrected chi connectivity index (χ2v) is 7.21. The molecule has 0 saturated carbocycles. The number of anilines is 1. The van der Waals surface area contributed by atoms with Gasteiger partial charge >= 0.3 is 0 Å². The first-order chi connectivity index (χ1) is 14.6. The Morgan fingerprint density at radius 3 is 2.63 bits per heavy atom. The van der Waals surface area contributed by atoms with Gasteiger partial charge in [0.2, 0.25) is 5.13 Å². The Bertz CT molecular complexity index is 1040. The van der Waals surface area contributed by atoms with Crippen LogP contribution >= 0.6 is 22.9 Å². The van der Waals surface area contributed by atoms with Crippen molar-refractivity contribution in [2.45, 2.75) is 6.92 Å². The average molecular weight is 448 g/mol. The molecule has 2 aromatic carbocycles. The Hall–Kier alpha value is -2.97. The van der Waals surface area contributed by atoms with Crippen molar-refractivity contribution in [3.05, 3.63) is 46.3 Å². The topological polar surface area (TPSA) is 74.2 Å². The van der Waals surface area contributed by atoms with Crippen LogP contribution < -0.4 is 24.4 Å². The third-order valence-corrected chi connectivity index (χ3v) is 5.13. The molecule has 3 aromatic rings. The number of methoxy groups -OCH3 is 3. The maximum absolute atomic E-state index is 6.27. The minimum atomic E-state index is 0.452. The molecule has 0 fully saturated rings. The van der Waals surface area contributed by atoms with Crippen molar-refractivity contribution in [2.24, 2.45) is 5.10 Å². The minimum Gasteiger partial charge on any atom is -0.497 e. The van der Waals surface area contributed by atoms with Crippen molar-refractivity contribution in [2.75, 3.05) is 33.4 Å². The molecule has 0 aliphatic heterocycles. The molecule has 1 heterocycles. The van der Waals surface area contributed by atoms with Crippen LogP contribution in [0.2, 0.25) is 5.02 Å². The maximum Gasteiger partial charge on any atom is 0.203 e. The molecule has 0 aliphatic carbocycles. The second-order valence-electron chi connectivity index (χ2n) is 5.94. The monoisotopic (exact) mass is 447 g/mol. The van der Waals surface area contributed by atoms with Crippen molar-refractivity contribution in [1.29, 1.82) is 0 Å². The molecular weight excluding hydrogens is 426 g/mol. The molecule has 30 heavy (non-hydrogen) atoms. The molecule has 0 bridgehead atoms. The van der Waals surface area contributed by atoms with Crippen molar-refractivity contribution < 1.29 is 18.9 Å². The van der Waals surface area contributed by atoms with Gasteiger partial charge < -0.3 is 18.9 Å². The van der Waals surface area contributed by atoms with Crippen molar-refractivity contribution in [3.8, 4) is 34.3 Å². The van der Waals surface area contributed by atoms with Crippen LogP contribution in [0, 0.1) is 0 Å². The van der Waals surface area contributed by atoms with Crippen LogP contribution in [-0.4, -0.2) is 39.1 Å². The van der Waals surface area contributed by atoms with Gasteiger partial charge in [-0.25, -0.2) is 4.98 Å². The molecule has 7 nitrogen and oxygen atoms in total. The number of rotatable bonds is 9. The number of nitrogens with zero attached hydrogens (tertiary/aromatic N) is 2. The Balaban J connectivity index is 1.75. The van der Waals surface area contributed by atoms with Crippen molar-refractivity contribution in [1.82, 2.24) is 4.98 Å². The maximum atomic E-state index is 6.27. The smallest absolute Gasteiger partial charge is 0.203 e. The summed E-state index contributed by atoms with van der Waals surface area (Å²) in [4.78, 5) is 4.57. The highest BCUT2D eigenvalue weighted by Crippen LogP contribution is 2.36. The van der Waals surface area contributed by atoms with E-state index in [2.05, 4.69) is 15.5 Å². The zero-order chi connectivity index (χ0) is 21.5. The summed E-state index contributed by atoms with van der Waals surface area (Å²) in [6.07, 6.45) is 1.64. The van der Waals surface area contributed by atoms with Crippen molar-refractivity contribution in [3.63, 3.8) is 0 Å². The van der Waals surface area contributed by atoms with Crippen LogP contribution in [0.3, 0.4) is 0 Å². The predicted molar refractivity (Wildman–Crippen MR) is 121 cm³/mol. The van der Waals surface area contributed by atoms with Gasteiger partial charge in [0.25, 0.3) is 0 Å². The van der Waals surface area contributed by atoms with E-state index in [-0.39, 0.29) is 0 Å². The highest BCUT2D eigenvalue weighted by Gasteiger charge is 2.12. The molecule has 1 N–H and O–H groups in total. The van der Waals surface area contributed by atoms with E-state index < -0.39 is 0 Å². The van der Waals surface area contributed by atoms with Gasteiger partial charge in [-0.05, 0) is 36.8 Å². The summed E-state index contributed by atoms with van der Waals surface area (Å²) >= 11 is 7.71. The highest BCUT2D eigenvalue weighted by molar-refractivity contribution is 7.14. The number of hydrogen-bond donors (Lipinski definition) is 1. The van der Waals surface area contributed by atoms with Crippen LogP contribution in [0.1, 0.15) is 12.5 Å². The van der Waals surface area contributed by atoms with Gasteiger partial charge in [-0.1, -0.05) is 11.6 Å². The van der Waals surface area contributed by atoms with Gasteiger partial charge in [-0.2, -0.15) is 5.10 Å². The normalized spacial score (nSPS) is 10.8. The van der Waals surface area contributed by atoms with Gasteiger partial charge in [0.1, 0.15) is 11.5 Å². The summed E-state index contributed by atoms with van der Waals surface area (Å²) in [5.74, 6) is 2.48. The molecule has 0 spiro atoms. The van der Waals surface area contributed by atoms with Crippen LogP contribution in [0.25, 0.3) is 11.3 Å². The summed E-state index contributed by atoms with van der Waals surface area (Å²) in [5.41, 5.74) is 5.36. The number of thiazole rings is 1. The van der Waals surface area contributed by atoms with Gasteiger partial charge in [-0.15, -0.1) is 11.3 Å². The summed E-state index contributed by atoms with van der Waals surface area (Å²) in [6, 6.07) is 9.17. The van der Waals surface area contributed by atoms with E-state index in [1.807, 2.05) is 36.6 Å². The number of nitrogens with one attached hydrogen (secondary N) is 1. The molecule has 0 amide bonds. The molecule has 1 aromatic heterocycles. The van der Waals surface area contributed by atoms with E-state index in [9.17, 15) is 0 Å². The fourth-order valence-electron chi connectivity index (χ4n) is 2.74. The summed E-state index contributed by atoms with van der Waals surface area (Å²) in [7, 11) is 4.78. The molecule has 9 heteroatoms. The number of aromatic nitrogens is 1. The lowest BCUT2D eigenvalue weighted by Crippen LogP contribution is -1.98. The van der Waals surface area contributed by atoms with Crippen LogP contribution in [0.15, 0.2) is 40.8 Å². The quantitative estimate of drug-likeness (QED) is 0.353. The Morgan fingerprint density at radius 2 is 1.93 bits per heavy atom. The number of ether oxygens (including phenoxy) is 4. The fraction of sp³-hybridized carbons (Fsp3) is 0.238. The van der Waals surface area contributed by atoms with Gasteiger partial charge in [0.15, 0.2) is 11.5 Å². The van der Waals surface area contributed by atoms with Gasteiger partial charge in [-0.3, -0.25) is 5.43 Å². The second kappa shape index (κ2) is 10.2.